The van der Waals surface area contributed by atoms with Gasteiger partial charge in [0.25, 0.3) is 5.91 Å². The van der Waals surface area contributed by atoms with Gasteiger partial charge in [-0.15, -0.1) is 0 Å². The van der Waals surface area contributed by atoms with E-state index in [9.17, 15) is 9.59 Å². The standard InChI is InChI=1S/C24H31N3O2/c1-17-9-12-22(15-18(17)2)25-16-23(28)26-21-13-10-19(11-14-21)24(29)27-20-7-5-3-4-6-8-20/h9-15,20,25H,3-8,16H2,1-2H3,(H,26,28)(H,27,29). The Labute approximate surface area is 173 Å². The molecule has 2 aromatic rings. The second kappa shape index (κ2) is 10.1. The van der Waals surface area contributed by atoms with Gasteiger partial charge in [0.2, 0.25) is 5.91 Å². The molecule has 0 unspecified atom stereocenters. The second-order valence-corrected chi connectivity index (χ2v) is 7.94. The molecule has 0 radical (unpaired) electrons. The van der Waals surface area contributed by atoms with Crippen LogP contribution in [-0.2, 0) is 4.79 Å². The highest BCUT2D eigenvalue weighted by atomic mass is 16.2. The Hall–Kier alpha value is -2.82. The Morgan fingerprint density at radius 1 is 0.862 bits per heavy atom. The van der Waals surface area contributed by atoms with E-state index < -0.39 is 0 Å². The summed E-state index contributed by atoms with van der Waals surface area (Å²) < 4.78 is 0. The van der Waals surface area contributed by atoms with Crippen LogP contribution in [0.2, 0.25) is 0 Å². The molecule has 0 heterocycles. The number of rotatable bonds is 6. The van der Waals surface area contributed by atoms with Crippen molar-refractivity contribution < 1.29 is 9.59 Å². The Bertz CT molecular complexity index is 838. The quantitative estimate of drug-likeness (QED) is 0.617. The van der Waals surface area contributed by atoms with Crippen molar-refractivity contribution >= 4 is 23.2 Å². The van der Waals surface area contributed by atoms with Crippen LogP contribution in [0.3, 0.4) is 0 Å². The molecule has 1 aliphatic rings. The number of hydrogen-bond donors (Lipinski definition) is 3. The van der Waals surface area contributed by atoms with Crippen LogP contribution < -0.4 is 16.0 Å². The predicted molar refractivity (Wildman–Crippen MR) is 118 cm³/mol. The van der Waals surface area contributed by atoms with Gasteiger partial charge in [0.1, 0.15) is 0 Å². The lowest BCUT2D eigenvalue weighted by molar-refractivity contribution is -0.114. The molecule has 1 fully saturated rings. The first-order valence-electron chi connectivity index (χ1n) is 10.5. The lowest BCUT2D eigenvalue weighted by Gasteiger charge is -2.16. The zero-order valence-corrected chi connectivity index (χ0v) is 17.4. The maximum atomic E-state index is 12.5. The monoisotopic (exact) mass is 393 g/mol. The fourth-order valence-electron chi connectivity index (χ4n) is 3.64. The lowest BCUT2D eigenvalue weighted by Crippen LogP contribution is -2.34. The topological polar surface area (TPSA) is 70.2 Å². The molecule has 0 aliphatic heterocycles. The summed E-state index contributed by atoms with van der Waals surface area (Å²) in [6.45, 7) is 4.30. The van der Waals surface area contributed by atoms with E-state index in [0.29, 0.717) is 11.3 Å². The fraction of sp³-hybridized carbons (Fsp3) is 0.417. The van der Waals surface area contributed by atoms with E-state index >= 15 is 0 Å². The maximum Gasteiger partial charge on any atom is 0.251 e. The van der Waals surface area contributed by atoms with Gasteiger partial charge in [-0.2, -0.15) is 0 Å². The molecular formula is C24H31N3O2. The molecule has 154 valence electrons. The van der Waals surface area contributed by atoms with Gasteiger partial charge in [-0.1, -0.05) is 31.7 Å². The van der Waals surface area contributed by atoms with Gasteiger partial charge in [-0.3, -0.25) is 9.59 Å². The van der Waals surface area contributed by atoms with Crippen molar-refractivity contribution in [2.45, 2.75) is 58.4 Å². The molecule has 5 heteroatoms. The number of aryl methyl sites for hydroxylation is 2. The van der Waals surface area contributed by atoms with Crippen LogP contribution >= 0.6 is 0 Å². The van der Waals surface area contributed by atoms with E-state index in [0.717, 1.165) is 18.5 Å². The van der Waals surface area contributed by atoms with Gasteiger partial charge in [0.05, 0.1) is 6.54 Å². The number of hydrogen-bond acceptors (Lipinski definition) is 3. The van der Waals surface area contributed by atoms with Crippen molar-refractivity contribution in [3.05, 3.63) is 59.2 Å². The minimum atomic E-state index is -0.126. The van der Waals surface area contributed by atoms with E-state index in [1.54, 1.807) is 24.3 Å². The Morgan fingerprint density at radius 3 is 2.17 bits per heavy atom. The SMILES string of the molecule is Cc1ccc(NCC(=O)Nc2ccc(C(=O)NC3CCCCCC3)cc2)cc1C. The fourth-order valence-corrected chi connectivity index (χ4v) is 3.64. The minimum Gasteiger partial charge on any atom is -0.376 e. The van der Waals surface area contributed by atoms with Crippen molar-refractivity contribution in [3.8, 4) is 0 Å². The smallest absolute Gasteiger partial charge is 0.251 e. The third kappa shape index (κ3) is 6.34. The van der Waals surface area contributed by atoms with Crippen LogP contribution in [0.4, 0.5) is 11.4 Å². The molecule has 0 aromatic heterocycles. The zero-order chi connectivity index (χ0) is 20.6. The molecule has 0 bridgehead atoms. The van der Waals surface area contributed by atoms with Crippen LogP contribution in [0.1, 0.15) is 60.0 Å². The Balaban J connectivity index is 1.48. The van der Waals surface area contributed by atoms with E-state index in [4.69, 9.17) is 0 Å². The van der Waals surface area contributed by atoms with E-state index in [1.165, 1.54) is 36.8 Å². The second-order valence-electron chi connectivity index (χ2n) is 7.94. The molecule has 0 saturated heterocycles. The predicted octanol–water partition coefficient (Wildman–Crippen LogP) is 4.81. The van der Waals surface area contributed by atoms with Crippen LogP contribution in [-0.4, -0.2) is 24.4 Å². The molecule has 3 rings (SSSR count). The summed E-state index contributed by atoms with van der Waals surface area (Å²) in [5.74, 6) is -0.162. The number of carbonyl (C=O) groups excluding carboxylic acids is 2. The number of amides is 2. The zero-order valence-electron chi connectivity index (χ0n) is 17.4. The van der Waals surface area contributed by atoms with Gasteiger partial charge < -0.3 is 16.0 Å². The van der Waals surface area contributed by atoms with E-state index in [2.05, 4.69) is 22.9 Å². The van der Waals surface area contributed by atoms with Gasteiger partial charge in [0.15, 0.2) is 0 Å². The summed E-state index contributed by atoms with van der Waals surface area (Å²) in [6, 6.07) is 13.4. The average molecular weight is 394 g/mol. The van der Waals surface area contributed by atoms with E-state index in [1.807, 2.05) is 25.1 Å². The first-order chi connectivity index (χ1) is 14.0. The van der Waals surface area contributed by atoms with Crippen LogP contribution in [0, 0.1) is 13.8 Å². The molecule has 29 heavy (non-hydrogen) atoms. The number of carbonyl (C=O) groups is 2. The van der Waals surface area contributed by atoms with Gasteiger partial charge in [-0.05, 0) is 74.2 Å². The highest BCUT2D eigenvalue weighted by molar-refractivity contribution is 5.96. The van der Waals surface area contributed by atoms with Crippen molar-refractivity contribution in [3.63, 3.8) is 0 Å². The van der Waals surface area contributed by atoms with Crippen LogP contribution in [0.25, 0.3) is 0 Å². The summed E-state index contributed by atoms with van der Waals surface area (Å²) in [7, 11) is 0. The average Bonchev–Trinajstić information content (AvgIpc) is 2.98. The molecule has 1 saturated carbocycles. The summed E-state index contributed by atoms with van der Waals surface area (Å²) >= 11 is 0. The first kappa shape index (κ1) is 20.9. The van der Waals surface area contributed by atoms with Gasteiger partial charge in [-0.25, -0.2) is 0 Å². The van der Waals surface area contributed by atoms with Crippen molar-refractivity contribution in [1.82, 2.24) is 5.32 Å². The number of benzene rings is 2. The Kier molecular flexibility index (Phi) is 7.28. The van der Waals surface area contributed by atoms with E-state index in [-0.39, 0.29) is 24.4 Å². The molecule has 5 nitrogen and oxygen atoms in total. The van der Waals surface area contributed by atoms with Gasteiger partial charge in [0, 0.05) is 23.0 Å². The minimum absolute atomic E-state index is 0.0359. The van der Waals surface area contributed by atoms with Gasteiger partial charge >= 0.3 is 0 Å². The third-order valence-electron chi connectivity index (χ3n) is 5.58. The molecule has 2 amide bonds. The third-order valence-corrected chi connectivity index (χ3v) is 5.58. The molecular weight excluding hydrogens is 362 g/mol. The first-order valence-corrected chi connectivity index (χ1v) is 10.5. The van der Waals surface area contributed by atoms with Crippen LogP contribution in [0.5, 0.6) is 0 Å². The normalized spacial score (nSPS) is 14.7. The lowest BCUT2D eigenvalue weighted by atomic mass is 10.1. The summed E-state index contributed by atoms with van der Waals surface area (Å²) in [5.41, 5.74) is 4.65. The number of anilines is 2. The van der Waals surface area contributed by atoms with Crippen LogP contribution in [0.15, 0.2) is 42.5 Å². The molecule has 0 spiro atoms. The summed E-state index contributed by atoms with van der Waals surface area (Å²) in [5, 5.41) is 9.14. The molecule has 3 N–H and O–H groups in total. The summed E-state index contributed by atoms with van der Waals surface area (Å²) in [6.07, 6.45) is 7.03. The van der Waals surface area contributed by atoms with Crippen molar-refractivity contribution in [1.29, 1.82) is 0 Å². The van der Waals surface area contributed by atoms with Crippen molar-refractivity contribution in [2.75, 3.05) is 17.2 Å². The Morgan fingerprint density at radius 2 is 1.52 bits per heavy atom. The number of nitrogens with one attached hydrogen (secondary N) is 3. The molecule has 2 aromatic carbocycles. The highest BCUT2D eigenvalue weighted by Gasteiger charge is 2.15. The molecule has 1 aliphatic carbocycles. The summed E-state index contributed by atoms with van der Waals surface area (Å²) in [4.78, 5) is 24.7. The maximum absolute atomic E-state index is 12.5. The largest absolute Gasteiger partial charge is 0.376 e. The highest BCUT2D eigenvalue weighted by Crippen LogP contribution is 2.18. The van der Waals surface area contributed by atoms with Crippen molar-refractivity contribution in [2.24, 2.45) is 0 Å². The molecule has 0 atom stereocenters.